The van der Waals surface area contributed by atoms with E-state index in [9.17, 15) is 38.8 Å². The molecule has 15 nitrogen and oxygen atoms in total. The predicted molar refractivity (Wildman–Crippen MR) is 239 cm³/mol. The molecule has 1 aliphatic carbocycles. The van der Waals surface area contributed by atoms with Crippen LogP contribution in [0.2, 0.25) is 0 Å². The first kappa shape index (κ1) is 53.9. The molecule has 1 saturated carbocycles. The number of nitrogens with one attached hydrogen (secondary N) is 3. The molecule has 2 aliphatic rings. The van der Waals surface area contributed by atoms with Crippen molar-refractivity contribution < 1.29 is 38.3 Å². The van der Waals surface area contributed by atoms with E-state index in [2.05, 4.69) is 22.9 Å². The van der Waals surface area contributed by atoms with Crippen molar-refractivity contribution in [1.82, 2.24) is 30.7 Å². The lowest BCUT2D eigenvalue weighted by Crippen LogP contribution is -2.60. The van der Waals surface area contributed by atoms with E-state index in [1.54, 1.807) is 7.05 Å². The number of cyclic esters (lactones) is 1. The Morgan fingerprint density at radius 2 is 1.13 bits per heavy atom. The molecule has 0 aromatic rings. The van der Waals surface area contributed by atoms with E-state index in [1.807, 2.05) is 54.5 Å². The Balaban J connectivity index is 2.85. The number of carbonyl (C=O) groups excluding carboxylic acids is 7. The van der Waals surface area contributed by atoms with Gasteiger partial charge in [-0.1, -0.05) is 107 Å². The Bertz CT molecular complexity index is 1540. The summed E-state index contributed by atoms with van der Waals surface area (Å²) in [6.07, 6.45) is 7.19. The highest BCUT2D eigenvalue weighted by Crippen LogP contribution is 2.29. The van der Waals surface area contributed by atoms with Gasteiger partial charge < -0.3 is 35.4 Å². The van der Waals surface area contributed by atoms with Crippen LogP contribution >= 0.6 is 0 Å². The minimum Gasteiger partial charge on any atom is -0.451 e. The van der Waals surface area contributed by atoms with Crippen molar-refractivity contribution in [2.75, 3.05) is 21.1 Å². The average Bonchev–Trinajstić information content (AvgIpc) is 3.22. The van der Waals surface area contributed by atoms with Gasteiger partial charge in [0.1, 0.15) is 36.3 Å². The third-order valence-electron chi connectivity index (χ3n) is 12.5. The molecule has 0 aromatic carbocycles. The van der Waals surface area contributed by atoms with Crippen molar-refractivity contribution in [3.63, 3.8) is 0 Å². The Labute approximate surface area is 372 Å². The van der Waals surface area contributed by atoms with E-state index >= 15 is 0 Å². The van der Waals surface area contributed by atoms with Crippen LogP contribution in [0.1, 0.15) is 159 Å². The zero-order valence-electron chi connectivity index (χ0n) is 40.1. The van der Waals surface area contributed by atoms with Crippen LogP contribution in [0.15, 0.2) is 0 Å². The first-order valence-corrected chi connectivity index (χ1v) is 23.4. The van der Waals surface area contributed by atoms with E-state index < -0.39 is 83.8 Å². The highest BCUT2D eigenvalue weighted by atomic mass is 16.5. The first-order chi connectivity index (χ1) is 29.1. The third kappa shape index (κ3) is 16.8. The SMILES string of the molecule is CCCC[C@@H](C)CC1NC(=O)C(CC2CCCCC2)N(C)C(=O)C(CC(C)C)NC(=O)[C@H](CC(C)C)N(C)C(=O)C(CC(C)C)NC(=O)[C@@H](CCC#N)OC(=O)[C@H](C)N(C)C1=O. The lowest BCUT2D eigenvalue weighted by atomic mass is 9.84. The number of ether oxygens (including phenoxy) is 1. The second kappa shape index (κ2) is 26.4. The summed E-state index contributed by atoms with van der Waals surface area (Å²) < 4.78 is 5.75. The molecule has 2 fully saturated rings. The topological polar surface area (TPSA) is 198 Å². The second-order valence-electron chi connectivity index (χ2n) is 19.5. The molecule has 8 atom stereocenters. The number of nitriles is 1. The maximum absolute atomic E-state index is 14.8. The summed E-state index contributed by atoms with van der Waals surface area (Å²) in [5.41, 5.74) is 0. The molecule has 62 heavy (non-hydrogen) atoms. The lowest BCUT2D eigenvalue weighted by molar-refractivity contribution is -0.163. The summed E-state index contributed by atoms with van der Waals surface area (Å²) >= 11 is 0. The van der Waals surface area contributed by atoms with Crippen LogP contribution in [0, 0.1) is 40.9 Å². The van der Waals surface area contributed by atoms with Gasteiger partial charge in [0.25, 0.3) is 5.91 Å². The van der Waals surface area contributed by atoms with Crippen LogP contribution < -0.4 is 16.0 Å². The number of likely N-dealkylation sites (N-methyl/N-ethyl adjacent to an activating group) is 3. The fourth-order valence-corrected chi connectivity index (χ4v) is 8.62. The predicted octanol–water partition coefficient (Wildman–Crippen LogP) is 5.50. The zero-order valence-corrected chi connectivity index (χ0v) is 40.1. The number of rotatable bonds is 15. The van der Waals surface area contributed by atoms with Crippen molar-refractivity contribution in [3.05, 3.63) is 0 Å². The minimum atomic E-state index is -1.46. The van der Waals surface area contributed by atoms with Gasteiger partial charge in [-0.2, -0.15) is 5.26 Å². The molecule has 3 N–H and O–H groups in total. The summed E-state index contributed by atoms with van der Waals surface area (Å²) in [4.78, 5) is 105. The van der Waals surface area contributed by atoms with Gasteiger partial charge in [-0.3, -0.25) is 28.8 Å². The molecular weight excluding hydrogens is 791 g/mol. The highest BCUT2D eigenvalue weighted by molar-refractivity contribution is 5.97. The van der Waals surface area contributed by atoms with Crippen LogP contribution in [0.5, 0.6) is 0 Å². The van der Waals surface area contributed by atoms with Crippen LogP contribution in [-0.4, -0.2) is 120 Å². The van der Waals surface area contributed by atoms with E-state index in [0.717, 1.165) is 51.4 Å². The summed E-state index contributed by atoms with van der Waals surface area (Å²) in [5, 5.41) is 18.2. The fraction of sp³-hybridized carbons (Fsp3) is 0.830. The Morgan fingerprint density at radius 3 is 1.63 bits per heavy atom. The molecule has 15 heteroatoms. The van der Waals surface area contributed by atoms with Crippen molar-refractivity contribution in [1.29, 1.82) is 5.26 Å². The quantitative estimate of drug-likeness (QED) is 0.178. The third-order valence-corrected chi connectivity index (χ3v) is 12.5. The van der Waals surface area contributed by atoms with E-state index in [0.29, 0.717) is 6.42 Å². The highest BCUT2D eigenvalue weighted by Gasteiger charge is 2.41. The number of hydrogen-bond acceptors (Lipinski definition) is 9. The maximum Gasteiger partial charge on any atom is 0.329 e. The molecule has 0 spiro atoms. The number of esters is 1. The van der Waals surface area contributed by atoms with Crippen molar-refractivity contribution in [2.24, 2.45) is 29.6 Å². The summed E-state index contributed by atoms with van der Waals surface area (Å²) in [6.45, 7) is 17.1. The average molecular weight is 872 g/mol. The standard InChI is InChI=1S/C47H81N7O8/c1-13-14-19-32(8)27-37-44(58)52(10)33(9)47(61)62-40(22-18-23-48)43(57)51-36(25-30(4)5)46(60)53(11)38(26-31(6)7)41(55)49-35(24-29(2)3)45(59)54(12)39(42(56)50-37)28-34-20-16-15-17-21-34/h29-40H,13-22,24-28H2,1-12H3,(H,49,55)(H,50,56)(H,51,57)/t32-,33+,35?,36?,37?,38+,39?,40-/m1/s1. The normalized spacial score (nSPS) is 26.8. The van der Waals surface area contributed by atoms with E-state index in [-0.39, 0.29) is 68.1 Å². The lowest BCUT2D eigenvalue weighted by Gasteiger charge is -2.37. The van der Waals surface area contributed by atoms with Gasteiger partial charge in [-0.05, 0) is 68.6 Å². The Morgan fingerprint density at radius 1 is 0.661 bits per heavy atom. The molecule has 4 unspecified atom stereocenters. The van der Waals surface area contributed by atoms with Gasteiger partial charge in [0.15, 0.2) is 6.10 Å². The molecule has 1 heterocycles. The fourth-order valence-electron chi connectivity index (χ4n) is 8.62. The maximum atomic E-state index is 14.8. The minimum absolute atomic E-state index is 0.0218. The second-order valence-corrected chi connectivity index (χ2v) is 19.5. The smallest absolute Gasteiger partial charge is 0.329 e. The molecule has 6 amide bonds. The molecule has 2 rings (SSSR count). The largest absolute Gasteiger partial charge is 0.451 e. The van der Waals surface area contributed by atoms with Crippen molar-refractivity contribution in [3.8, 4) is 6.07 Å². The van der Waals surface area contributed by atoms with Gasteiger partial charge in [0.05, 0.1) is 6.07 Å². The summed E-state index contributed by atoms with van der Waals surface area (Å²) in [5.74, 6) is -4.23. The van der Waals surface area contributed by atoms with Crippen molar-refractivity contribution in [2.45, 2.75) is 201 Å². The molecule has 0 radical (unpaired) electrons. The van der Waals surface area contributed by atoms with Gasteiger partial charge in [-0.15, -0.1) is 0 Å². The number of hydrogen-bond donors (Lipinski definition) is 3. The Hall–Kier alpha value is -4.22. The molecule has 0 bridgehead atoms. The van der Waals surface area contributed by atoms with Gasteiger partial charge >= 0.3 is 5.97 Å². The molecule has 0 aromatic heterocycles. The van der Waals surface area contributed by atoms with Gasteiger partial charge in [-0.25, -0.2) is 4.79 Å². The summed E-state index contributed by atoms with van der Waals surface area (Å²) in [6, 6.07) is -4.42. The van der Waals surface area contributed by atoms with Crippen LogP contribution in [0.3, 0.4) is 0 Å². The molecule has 1 aliphatic heterocycles. The Kier molecular flexibility index (Phi) is 23.0. The molecular formula is C47H81N7O8. The number of nitrogens with zero attached hydrogens (tertiary/aromatic N) is 4. The van der Waals surface area contributed by atoms with Crippen LogP contribution in [0.4, 0.5) is 0 Å². The first-order valence-electron chi connectivity index (χ1n) is 23.4. The number of amides is 6. The summed E-state index contributed by atoms with van der Waals surface area (Å²) in [7, 11) is 4.53. The van der Waals surface area contributed by atoms with Gasteiger partial charge in [0, 0.05) is 34.0 Å². The van der Waals surface area contributed by atoms with Crippen LogP contribution in [0.25, 0.3) is 0 Å². The number of unbranched alkanes of at least 4 members (excludes halogenated alkanes) is 1. The van der Waals surface area contributed by atoms with Gasteiger partial charge in [0.2, 0.25) is 29.5 Å². The number of carbonyl (C=O) groups is 7. The monoisotopic (exact) mass is 872 g/mol. The van der Waals surface area contributed by atoms with Crippen molar-refractivity contribution >= 4 is 41.4 Å². The molecule has 352 valence electrons. The molecule has 1 saturated heterocycles. The van der Waals surface area contributed by atoms with E-state index in [4.69, 9.17) is 4.74 Å². The van der Waals surface area contributed by atoms with Crippen LogP contribution in [-0.2, 0) is 38.3 Å². The van der Waals surface area contributed by atoms with E-state index in [1.165, 1.54) is 35.7 Å². The zero-order chi connectivity index (χ0) is 46.8.